The molecule has 2 heterocycles. The van der Waals surface area contributed by atoms with Crippen LogP contribution in [0.15, 0.2) is 29.3 Å². The summed E-state index contributed by atoms with van der Waals surface area (Å²) in [7, 11) is -3.08. The predicted molar refractivity (Wildman–Crippen MR) is 111 cm³/mol. The zero-order valence-electron chi connectivity index (χ0n) is 15.0. The minimum absolute atomic E-state index is 0.0746. The van der Waals surface area contributed by atoms with Crippen molar-refractivity contribution in [1.82, 2.24) is 0 Å². The van der Waals surface area contributed by atoms with Crippen molar-refractivity contribution in [2.75, 3.05) is 16.4 Å². The largest absolute Gasteiger partial charge is 0.314 e. The fourth-order valence-electron chi connectivity index (χ4n) is 4.28. The van der Waals surface area contributed by atoms with Gasteiger partial charge in [0.2, 0.25) is 5.91 Å². The first kappa shape index (κ1) is 19.3. The van der Waals surface area contributed by atoms with Crippen LogP contribution in [0.1, 0.15) is 38.5 Å². The van der Waals surface area contributed by atoms with E-state index in [1.807, 2.05) is 23.1 Å². The number of hydrogen-bond donors (Lipinski definition) is 0. The van der Waals surface area contributed by atoms with Crippen molar-refractivity contribution in [1.29, 1.82) is 0 Å². The molecule has 146 valence electrons. The van der Waals surface area contributed by atoms with Crippen molar-refractivity contribution in [3.8, 4) is 0 Å². The monoisotopic (exact) mass is 426 g/mol. The standard InChI is InChI=1S/C19H23ClN2O3S2/c20-14-7-3-4-8-15(14)22-16-11-27(24,25)12-17(16)26-19(22)21-18(23)10-9-13-5-1-2-6-13/h3-4,7-8,13,16-17H,1-2,5-6,9-12H2/t16-,17-/m1/s1. The molecule has 2 aliphatic heterocycles. The highest BCUT2D eigenvalue weighted by Crippen LogP contribution is 2.43. The first-order valence-corrected chi connectivity index (χ1v) is 12.5. The number of amidine groups is 1. The van der Waals surface area contributed by atoms with E-state index >= 15 is 0 Å². The maximum Gasteiger partial charge on any atom is 0.248 e. The molecule has 1 aromatic carbocycles. The lowest BCUT2D eigenvalue weighted by molar-refractivity contribution is -0.118. The quantitative estimate of drug-likeness (QED) is 0.730. The fraction of sp³-hybridized carbons (Fsp3) is 0.579. The van der Waals surface area contributed by atoms with Crippen LogP contribution >= 0.6 is 23.4 Å². The van der Waals surface area contributed by atoms with Crippen molar-refractivity contribution >= 4 is 50.0 Å². The number of fused-ring (bicyclic) bond motifs is 1. The molecule has 2 atom stereocenters. The second-order valence-corrected chi connectivity index (χ2v) is 11.4. The van der Waals surface area contributed by atoms with Crippen molar-refractivity contribution in [2.45, 2.75) is 49.8 Å². The van der Waals surface area contributed by atoms with Gasteiger partial charge in [0.05, 0.1) is 28.3 Å². The first-order valence-electron chi connectivity index (χ1n) is 9.45. The van der Waals surface area contributed by atoms with E-state index in [2.05, 4.69) is 4.99 Å². The second-order valence-electron chi connectivity index (χ2n) is 7.60. The molecule has 3 fully saturated rings. The van der Waals surface area contributed by atoms with Crippen LogP contribution in [0, 0.1) is 5.92 Å². The Labute approximate surface area is 169 Å². The van der Waals surface area contributed by atoms with Gasteiger partial charge in [-0.15, -0.1) is 0 Å². The minimum atomic E-state index is -3.08. The third-order valence-corrected chi connectivity index (χ3v) is 9.17. The summed E-state index contributed by atoms with van der Waals surface area (Å²) in [4.78, 5) is 18.7. The van der Waals surface area contributed by atoms with Gasteiger partial charge in [0.15, 0.2) is 15.0 Å². The molecular weight excluding hydrogens is 404 g/mol. The van der Waals surface area contributed by atoms with Crippen LogP contribution in [0.3, 0.4) is 0 Å². The molecule has 3 aliphatic rings. The van der Waals surface area contributed by atoms with Gasteiger partial charge < -0.3 is 4.90 Å². The Morgan fingerprint density at radius 3 is 2.70 bits per heavy atom. The van der Waals surface area contributed by atoms with E-state index in [1.165, 1.54) is 37.4 Å². The maximum absolute atomic E-state index is 12.5. The van der Waals surface area contributed by atoms with Crippen LogP contribution in [0.25, 0.3) is 0 Å². The number of carbonyl (C=O) groups excluding carboxylic acids is 1. The molecule has 5 nitrogen and oxygen atoms in total. The molecule has 0 aromatic heterocycles. The van der Waals surface area contributed by atoms with E-state index in [-0.39, 0.29) is 28.7 Å². The van der Waals surface area contributed by atoms with Gasteiger partial charge in [0, 0.05) is 11.7 Å². The molecule has 1 amide bonds. The average molecular weight is 427 g/mol. The third kappa shape index (κ3) is 4.20. The summed E-state index contributed by atoms with van der Waals surface area (Å²) in [5.74, 6) is 0.725. The average Bonchev–Trinajstić information content (AvgIpc) is 3.29. The predicted octanol–water partition coefficient (Wildman–Crippen LogP) is 3.91. The highest BCUT2D eigenvalue weighted by atomic mass is 35.5. The lowest BCUT2D eigenvalue weighted by Gasteiger charge is -2.25. The number of para-hydroxylation sites is 1. The Kier molecular flexibility index (Phi) is 5.54. The number of sulfone groups is 1. The Balaban J connectivity index is 1.57. The van der Waals surface area contributed by atoms with Gasteiger partial charge in [0.25, 0.3) is 0 Å². The molecule has 0 spiro atoms. The number of amides is 1. The van der Waals surface area contributed by atoms with Crippen molar-refractivity contribution in [3.63, 3.8) is 0 Å². The smallest absolute Gasteiger partial charge is 0.248 e. The highest BCUT2D eigenvalue weighted by Gasteiger charge is 2.49. The van der Waals surface area contributed by atoms with Crippen molar-refractivity contribution in [3.05, 3.63) is 29.3 Å². The van der Waals surface area contributed by atoms with Gasteiger partial charge in [-0.25, -0.2) is 8.42 Å². The summed E-state index contributed by atoms with van der Waals surface area (Å²) in [5, 5.41) is 1.02. The van der Waals surface area contributed by atoms with Crippen LogP contribution in [-0.2, 0) is 14.6 Å². The van der Waals surface area contributed by atoms with Gasteiger partial charge in [-0.2, -0.15) is 4.99 Å². The number of halogens is 1. The zero-order valence-corrected chi connectivity index (χ0v) is 17.4. The molecule has 0 N–H and O–H groups in total. The summed E-state index contributed by atoms with van der Waals surface area (Å²) < 4.78 is 24.2. The van der Waals surface area contributed by atoms with Crippen LogP contribution in [0.2, 0.25) is 5.02 Å². The van der Waals surface area contributed by atoms with Crippen LogP contribution in [0.4, 0.5) is 5.69 Å². The lowest BCUT2D eigenvalue weighted by atomic mass is 10.0. The number of benzene rings is 1. The Morgan fingerprint density at radius 2 is 1.96 bits per heavy atom. The fourth-order valence-corrected chi connectivity index (χ4v) is 8.43. The zero-order chi connectivity index (χ0) is 19.0. The van der Waals surface area contributed by atoms with Crippen LogP contribution < -0.4 is 4.90 Å². The molecule has 2 saturated heterocycles. The van der Waals surface area contributed by atoms with E-state index in [0.29, 0.717) is 22.5 Å². The molecule has 8 heteroatoms. The minimum Gasteiger partial charge on any atom is -0.314 e. The van der Waals surface area contributed by atoms with Gasteiger partial charge in [0.1, 0.15) is 0 Å². The second kappa shape index (κ2) is 7.76. The number of carbonyl (C=O) groups is 1. The van der Waals surface area contributed by atoms with E-state index in [1.54, 1.807) is 6.07 Å². The summed E-state index contributed by atoms with van der Waals surface area (Å²) >= 11 is 7.77. The van der Waals surface area contributed by atoms with Gasteiger partial charge in [-0.05, 0) is 24.5 Å². The van der Waals surface area contributed by atoms with E-state index in [4.69, 9.17) is 11.6 Å². The topological polar surface area (TPSA) is 66.8 Å². The summed E-state index contributed by atoms with van der Waals surface area (Å²) in [6.07, 6.45) is 6.31. The normalized spacial score (nSPS) is 28.8. The molecule has 4 rings (SSSR count). The van der Waals surface area contributed by atoms with Crippen molar-refractivity contribution < 1.29 is 13.2 Å². The Hall–Kier alpha value is -1.05. The highest BCUT2D eigenvalue weighted by molar-refractivity contribution is 8.16. The Morgan fingerprint density at radius 1 is 1.22 bits per heavy atom. The molecule has 0 unspecified atom stereocenters. The van der Waals surface area contributed by atoms with Gasteiger partial charge in [-0.1, -0.05) is 61.2 Å². The maximum atomic E-state index is 12.5. The summed E-state index contributed by atoms with van der Waals surface area (Å²) in [6, 6.07) is 7.11. The number of rotatable bonds is 4. The first-order chi connectivity index (χ1) is 12.9. The van der Waals surface area contributed by atoms with E-state index in [0.717, 1.165) is 12.1 Å². The SMILES string of the molecule is O=C(CCC1CCCC1)N=C1S[C@@H]2CS(=O)(=O)C[C@H]2N1c1ccccc1Cl. The molecule has 0 radical (unpaired) electrons. The van der Waals surface area contributed by atoms with Crippen LogP contribution in [0.5, 0.6) is 0 Å². The molecule has 1 aromatic rings. The van der Waals surface area contributed by atoms with E-state index in [9.17, 15) is 13.2 Å². The lowest BCUT2D eigenvalue weighted by Crippen LogP contribution is -2.37. The Bertz CT molecular complexity index is 865. The summed E-state index contributed by atoms with van der Waals surface area (Å²) in [5.41, 5.74) is 0.721. The van der Waals surface area contributed by atoms with Crippen molar-refractivity contribution in [2.24, 2.45) is 10.9 Å². The number of anilines is 1. The number of hydrogen-bond acceptors (Lipinski definition) is 4. The summed E-state index contributed by atoms with van der Waals surface area (Å²) in [6.45, 7) is 0. The molecular formula is C19H23ClN2O3S2. The third-order valence-electron chi connectivity index (χ3n) is 5.64. The molecule has 1 saturated carbocycles. The van der Waals surface area contributed by atoms with Crippen LogP contribution in [-0.4, -0.2) is 42.3 Å². The molecule has 27 heavy (non-hydrogen) atoms. The number of thioether (sulfide) groups is 1. The van der Waals surface area contributed by atoms with Gasteiger partial charge in [-0.3, -0.25) is 4.79 Å². The van der Waals surface area contributed by atoms with E-state index < -0.39 is 9.84 Å². The molecule has 0 bridgehead atoms. The molecule has 1 aliphatic carbocycles. The number of aliphatic imine (C=N–C) groups is 1. The number of nitrogens with zero attached hydrogens (tertiary/aromatic N) is 2. The van der Waals surface area contributed by atoms with Gasteiger partial charge >= 0.3 is 0 Å².